The van der Waals surface area contributed by atoms with Gasteiger partial charge in [-0.05, 0) is 57.6 Å². The highest BCUT2D eigenvalue weighted by Crippen LogP contribution is 2.43. The Morgan fingerprint density at radius 3 is 1.81 bits per heavy atom. The Bertz CT molecular complexity index is 3200. The van der Waals surface area contributed by atoms with Crippen molar-refractivity contribution in [3.63, 3.8) is 0 Å². The van der Waals surface area contributed by atoms with E-state index in [1.54, 1.807) is 11.3 Å². The number of rotatable bonds is 5. The average Bonchev–Trinajstić information content (AvgIpc) is 3.86. The van der Waals surface area contributed by atoms with Gasteiger partial charge in [-0.1, -0.05) is 140 Å². The average molecular weight is 709 g/mol. The summed E-state index contributed by atoms with van der Waals surface area (Å²) >= 11 is 1.77. The highest BCUT2D eigenvalue weighted by molar-refractivity contribution is 7.26. The van der Waals surface area contributed by atoms with Crippen LogP contribution in [0.1, 0.15) is 0 Å². The summed E-state index contributed by atoms with van der Waals surface area (Å²) in [7, 11) is 0. The van der Waals surface area contributed by atoms with Crippen LogP contribution in [0.25, 0.3) is 110 Å². The van der Waals surface area contributed by atoms with Crippen molar-refractivity contribution in [3.05, 3.63) is 170 Å². The van der Waals surface area contributed by atoms with Gasteiger partial charge < -0.3 is 4.42 Å². The summed E-state index contributed by atoms with van der Waals surface area (Å²) in [4.78, 5) is 20.0. The van der Waals surface area contributed by atoms with Crippen molar-refractivity contribution < 1.29 is 4.42 Å². The lowest BCUT2D eigenvalue weighted by atomic mass is 9.97. The van der Waals surface area contributed by atoms with Gasteiger partial charge in [0.25, 0.3) is 0 Å². The Labute approximate surface area is 313 Å². The van der Waals surface area contributed by atoms with E-state index in [0.29, 0.717) is 23.4 Å². The summed E-state index contributed by atoms with van der Waals surface area (Å²) in [6, 6.07) is 58.8. The van der Waals surface area contributed by atoms with Gasteiger partial charge in [0.2, 0.25) is 5.89 Å². The molecule has 0 saturated heterocycles. The lowest BCUT2D eigenvalue weighted by Crippen LogP contribution is -2.00. The number of hydrogen-bond donors (Lipinski definition) is 0. The largest absolute Gasteiger partial charge is 0.435 e. The second-order valence-electron chi connectivity index (χ2n) is 13.4. The summed E-state index contributed by atoms with van der Waals surface area (Å²) in [5.41, 5.74) is 7.77. The predicted molar refractivity (Wildman–Crippen MR) is 222 cm³/mol. The fourth-order valence-corrected chi connectivity index (χ4v) is 8.68. The molecule has 3 aromatic heterocycles. The molecule has 0 radical (unpaired) electrons. The van der Waals surface area contributed by atoms with Crippen molar-refractivity contribution in [2.75, 3.05) is 0 Å². The summed E-state index contributed by atoms with van der Waals surface area (Å²) in [5, 5.41) is 6.99. The van der Waals surface area contributed by atoms with E-state index in [4.69, 9.17) is 24.4 Å². The van der Waals surface area contributed by atoms with E-state index in [0.717, 1.165) is 59.8 Å². The maximum atomic E-state index is 6.52. The molecule has 3 heterocycles. The van der Waals surface area contributed by atoms with Crippen molar-refractivity contribution in [1.82, 2.24) is 19.9 Å². The molecule has 252 valence electrons. The summed E-state index contributed by atoms with van der Waals surface area (Å²) in [6.45, 7) is 0. The fraction of sp³-hybridized carbons (Fsp3) is 0. The number of oxazole rings is 1. The molecule has 0 amide bonds. The van der Waals surface area contributed by atoms with Gasteiger partial charge in [0.05, 0.1) is 0 Å². The van der Waals surface area contributed by atoms with Crippen LogP contribution in [0.15, 0.2) is 174 Å². The van der Waals surface area contributed by atoms with E-state index < -0.39 is 0 Å². The van der Waals surface area contributed by atoms with Crippen LogP contribution >= 0.6 is 11.3 Å². The first-order valence-electron chi connectivity index (χ1n) is 17.9. The van der Waals surface area contributed by atoms with Crippen LogP contribution in [0.2, 0.25) is 0 Å². The van der Waals surface area contributed by atoms with Gasteiger partial charge in [-0.25, -0.2) is 19.9 Å². The normalized spacial score (nSPS) is 11.7. The first-order valence-corrected chi connectivity index (χ1v) is 18.7. The quantitative estimate of drug-likeness (QED) is 0.178. The molecule has 0 unspecified atom stereocenters. The minimum atomic E-state index is 0.625. The molecule has 0 N–H and O–H groups in total. The molecule has 0 bridgehead atoms. The van der Waals surface area contributed by atoms with Crippen LogP contribution < -0.4 is 0 Å². The van der Waals surface area contributed by atoms with Gasteiger partial charge in [-0.15, -0.1) is 11.3 Å². The zero-order chi connectivity index (χ0) is 35.6. The molecule has 5 nitrogen and oxygen atoms in total. The minimum absolute atomic E-state index is 0.625. The lowest BCUT2D eigenvalue weighted by Gasteiger charge is -2.10. The van der Waals surface area contributed by atoms with Crippen LogP contribution in [-0.4, -0.2) is 19.9 Å². The molecule has 11 rings (SSSR count). The Morgan fingerprint density at radius 2 is 1.02 bits per heavy atom. The molecular weight excluding hydrogens is 681 g/mol. The van der Waals surface area contributed by atoms with Crippen molar-refractivity contribution in [2.45, 2.75) is 0 Å². The van der Waals surface area contributed by atoms with E-state index >= 15 is 0 Å². The standard InChI is InChI=1S/C48H28N4OS/c1-3-11-32(12-4-1)45-50-46(33-20-18-30(19-21-33)37-17-9-15-29-10-7-8-16-36(29)37)52-47(51-45)35-22-25-38-41(28-35)54-40-27-24-31-23-26-39-44(42(31)43(38)40)53-48(49-39)34-13-5-2-6-14-34/h1-28H. The molecule has 11 aromatic rings. The molecule has 0 saturated carbocycles. The molecule has 0 spiro atoms. The van der Waals surface area contributed by atoms with Crippen LogP contribution in [0.5, 0.6) is 0 Å². The van der Waals surface area contributed by atoms with Gasteiger partial charge in [0, 0.05) is 47.8 Å². The van der Waals surface area contributed by atoms with Gasteiger partial charge >= 0.3 is 0 Å². The molecule has 54 heavy (non-hydrogen) atoms. The van der Waals surface area contributed by atoms with Crippen LogP contribution in [0.3, 0.4) is 0 Å². The number of benzene rings is 8. The molecule has 0 aliphatic heterocycles. The third kappa shape index (κ3) is 5.07. The Balaban J connectivity index is 1.04. The van der Waals surface area contributed by atoms with Crippen LogP contribution in [-0.2, 0) is 0 Å². The fourth-order valence-electron chi connectivity index (χ4n) is 7.53. The zero-order valence-electron chi connectivity index (χ0n) is 28.8. The zero-order valence-corrected chi connectivity index (χ0v) is 29.6. The maximum Gasteiger partial charge on any atom is 0.227 e. The van der Waals surface area contributed by atoms with Gasteiger partial charge in [0.1, 0.15) is 5.52 Å². The van der Waals surface area contributed by atoms with Crippen molar-refractivity contribution in [3.8, 4) is 56.7 Å². The minimum Gasteiger partial charge on any atom is -0.435 e. The van der Waals surface area contributed by atoms with E-state index in [1.165, 1.54) is 26.4 Å². The third-order valence-corrected chi connectivity index (χ3v) is 11.3. The number of aromatic nitrogens is 4. The van der Waals surface area contributed by atoms with Crippen LogP contribution in [0, 0.1) is 0 Å². The van der Waals surface area contributed by atoms with Gasteiger partial charge in [0.15, 0.2) is 23.1 Å². The highest BCUT2D eigenvalue weighted by Gasteiger charge is 2.18. The molecule has 6 heteroatoms. The summed E-state index contributed by atoms with van der Waals surface area (Å²) in [5.74, 6) is 2.53. The Hall–Kier alpha value is -7.02. The van der Waals surface area contributed by atoms with Crippen molar-refractivity contribution in [1.29, 1.82) is 0 Å². The van der Waals surface area contributed by atoms with E-state index in [9.17, 15) is 0 Å². The first-order chi connectivity index (χ1) is 26.7. The Morgan fingerprint density at radius 1 is 0.389 bits per heavy atom. The molecule has 8 aromatic carbocycles. The topological polar surface area (TPSA) is 64.7 Å². The van der Waals surface area contributed by atoms with Gasteiger partial charge in [-0.2, -0.15) is 0 Å². The SMILES string of the molecule is c1ccc(-c2nc(-c3ccc(-c4cccc5ccccc45)cc3)nc(-c3ccc4c(c3)sc3ccc5ccc6nc(-c7ccccc7)oc6c5c34)n2)cc1. The van der Waals surface area contributed by atoms with E-state index in [-0.39, 0.29) is 0 Å². The summed E-state index contributed by atoms with van der Waals surface area (Å²) in [6.07, 6.45) is 0. The van der Waals surface area contributed by atoms with Crippen molar-refractivity contribution in [2.24, 2.45) is 0 Å². The third-order valence-electron chi connectivity index (χ3n) is 10.2. The van der Waals surface area contributed by atoms with Gasteiger partial charge in [-0.3, -0.25) is 0 Å². The second-order valence-corrected chi connectivity index (χ2v) is 14.5. The molecule has 0 atom stereocenters. The Kier molecular flexibility index (Phi) is 6.97. The smallest absolute Gasteiger partial charge is 0.227 e. The number of fused-ring (bicyclic) bond motifs is 8. The molecule has 0 fully saturated rings. The maximum absolute atomic E-state index is 6.52. The number of nitrogens with zero attached hydrogens (tertiary/aromatic N) is 4. The second kappa shape index (κ2) is 12.3. The van der Waals surface area contributed by atoms with E-state index in [1.807, 2.05) is 66.7 Å². The summed E-state index contributed by atoms with van der Waals surface area (Å²) < 4.78 is 8.85. The number of hydrogen-bond acceptors (Lipinski definition) is 6. The molecular formula is C48H28N4OS. The monoisotopic (exact) mass is 708 g/mol. The lowest BCUT2D eigenvalue weighted by molar-refractivity contribution is 0.623. The van der Waals surface area contributed by atoms with Crippen LogP contribution in [0.4, 0.5) is 0 Å². The van der Waals surface area contributed by atoms with Crippen molar-refractivity contribution >= 4 is 64.2 Å². The predicted octanol–water partition coefficient (Wildman–Crippen LogP) is 13.0. The first kappa shape index (κ1) is 30.6. The number of thiophene rings is 1. The highest BCUT2D eigenvalue weighted by atomic mass is 32.1. The molecule has 0 aliphatic rings. The van der Waals surface area contributed by atoms with E-state index in [2.05, 4.69) is 103 Å². The molecule has 0 aliphatic carbocycles.